The number of hydrogen-bond donors (Lipinski definition) is 1. The van der Waals surface area contributed by atoms with Crippen LogP contribution >= 0.6 is 0 Å². The van der Waals surface area contributed by atoms with Gasteiger partial charge in [-0.25, -0.2) is 0 Å². The molecule has 1 atom stereocenters. The van der Waals surface area contributed by atoms with E-state index in [2.05, 4.69) is 29.6 Å². The van der Waals surface area contributed by atoms with E-state index in [1.54, 1.807) is 0 Å². The molecule has 0 unspecified atom stereocenters. The summed E-state index contributed by atoms with van der Waals surface area (Å²) < 4.78 is 5.58. The smallest absolute Gasteiger partial charge is 0.262 e. The first kappa shape index (κ1) is 18.3. The van der Waals surface area contributed by atoms with Crippen molar-refractivity contribution in [1.29, 1.82) is 0 Å². The summed E-state index contributed by atoms with van der Waals surface area (Å²) in [5, 5.41) is 5.81. The lowest BCUT2D eigenvalue weighted by Gasteiger charge is -2.38. The van der Waals surface area contributed by atoms with Gasteiger partial charge in [0.25, 0.3) is 5.91 Å². The molecule has 0 bridgehead atoms. The Balaban J connectivity index is 1.62. The van der Waals surface area contributed by atoms with Crippen LogP contribution in [0.1, 0.15) is 29.0 Å². The molecule has 148 valence electrons. The third kappa shape index (κ3) is 3.16. The minimum Gasteiger partial charge on any atom is -0.494 e. The van der Waals surface area contributed by atoms with Gasteiger partial charge in [0.1, 0.15) is 11.9 Å². The second-order valence-corrected chi connectivity index (χ2v) is 7.30. The number of anilines is 2. The number of ether oxygens (including phenoxy) is 1. The van der Waals surface area contributed by atoms with Crippen LogP contribution in [-0.4, -0.2) is 12.5 Å². The summed E-state index contributed by atoms with van der Waals surface area (Å²) in [5.41, 5.74) is 3.38. The molecule has 5 rings (SSSR count). The molecule has 0 saturated carbocycles. The van der Waals surface area contributed by atoms with Gasteiger partial charge < -0.3 is 10.1 Å². The minimum absolute atomic E-state index is 0.0153. The fourth-order valence-corrected chi connectivity index (χ4v) is 3.99. The first-order valence-electron chi connectivity index (χ1n) is 10.2. The average molecular weight is 394 g/mol. The second kappa shape index (κ2) is 7.56. The molecule has 1 N–H and O–H groups in total. The van der Waals surface area contributed by atoms with Crippen LogP contribution in [0.2, 0.25) is 0 Å². The van der Waals surface area contributed by atoms with Crippen LogP contribution in [0.3, 0.4) is 0 Å². The molecule has 4 aromatic carbocycles. The first-order chi connectivity index (χ1) is 14.7. The first-order valence-corrected chi connectivity index (χ1v) is 10.2. The normalized spacial score (nSPS) is 15.6. The summed E-state index contributed by atoms with van der Waals surface area (Å²) in [7, 11) is 0. The Morgan fingerprint density at radius 2 is 1.60 bits per heavy atom. The molecule has 1 heterocycles. The molecule has 0 fully saturated rings. The maximum Gasteiger partial charge on any atom is 0.262 e. The van der Waals surface area contributed by atoms with Crippen molar-refractivity contribution in [3.8, 4) is 5.75 Å². The highest BCUT2D eigenvalue weighted by molar-refractivity contribution is 6.12. The number of rotatable bonds is 4. The predicted molar refractivity (Wildman–Crippen MR) is 121 cm³/mol. The molecule has 0 aliphatic carbocycles. The lowest BCUT2D eigenvalue weighted by molar-refractivity contribution is 0.0975. The van der Waals surface area contributed by atoms with Crippen LogP contribution < -0.4 is 15.0 Å². The van der Waals surface area contributed by atoms with E-state index in [9.17, 15) is 4.79 Å². The van der Waals surface area contributed by atoms with Gasteiger partial charge in [-0.15, -0.1) is 0 Å². The molecule has 0 saturated heterocycles. The van der Waals surface area contributed by atoms with E-state index >= 15 is 0 Å². The number of carbonyl (C=O) groups is 1. The largest absolute Gasteiger partial charge is 0.494 e. The Labute approximate surface area is 175 Å². The van der Waals surface area contributed by atoms with E-state index in [-0.39, 0.29) is 12.1 Å². The molecule has 0 spiro atoms. The Hall–Kier alpha value is -3.79. The lowest BCUT2D eigenvalue weighted by Crippen LogP contribution is -2.43. The zero-order valence-electron chi connectivity index (χ0n) is 16.7. The summed E-state index contributed by atoms with van der Waals surface area (Å²) in [6.07, 6.45) is -0.316. The predicted octanol–water partition coefficient (Wildman–Crippen LogP) is 6.01. The molecule has 0 radical (unpaired) electrons. The summed E-state index contributed by atoms with van der Waals surface area (Å²) in [6.45, 7) is 2.59. The quantitative estimate of drug-likeness (QED) is 0.461. The zero-order chi connectivity index (χ0) is 20.5. The maximum atomic E-state index is 13.6. The van der Waals surface area contributed by atoms with Crippen LogP contribution in [-0.2, 0) is 0 Å². The van der Waals surface area contributed by atoms with Gasteiger partial charge in [0.05, 0.1) is 12.2 Å². The van der Waals surface area contributed by atoms with Crippen molar-refractivity contribution in [3.05, 3.63) is 102 Å². The molecule has 4 nitrogen and oxygen atoms in total. The van der Waals surface area contributed by atoms with Gasteiger partial charge in [0.15, 0.2) is 0 Å². The fourth-order valence-electron chi connectivity index (χ4n) is 3.99. The lowest BCUT2D eigenvalue weighted by atomic mass is 10.0. The Morgan fingerprint density at radius 3 is 2.40 bits per heavy atom. The van der Waals surface area contributed by atoms with E-state index in [1.165, 1.54) is 0 Å². The summed E-state index contributed by atoms with van der Waals surface area (Å²) in [4.78, 5) is 15.4. The third-order valence-electron chi connectivity index (χ3n) is 5.44. The fraction of sp³-hybridized carbons (Fsp3) is 0.115. The molecule has 1 aliphatic heterocycles. The van der Waals surface area contributed by atoms with Crippen molar-refractivity contribution in [1.82, 2.24) is 0 Å². The molecule has 4 aromatic rings. The monoisotopic (exact) mass is 394 g/mol. The molecular weight excluding hydrogens is 372 g/mol. The number of para-hydroxylation sites is 1. The number of nitrogens with one attached hydrogen (secondary N) is 1. The van der Waals surface area contributed by atoms with Crippen LogP contribution in [0.15, 0.2) is 91.0 Å². The van der Waals surface area contributed by atoms with Crippen molar-refractivity contribution in [2.24, 2.45) is 0 Å². The van der Waals surface area contributed by atoms with Gasteiger partial charge in [0, 0.05) is 11.4 Å². The van der Waals surface area contributed by atoms with Gasteiger partial charge in [-0.05, 0) is 59.7 Å². The topological polar surface area (TPSA) is 41.6 Å². The van der Waals surface area contributed by atoms with E-state index < -0.39 is 0 Å². The highest BCUT2D eigenvalue weighted by atomic mass is 16.5. The van der Waals surface area contributed by atoms with Crippen LogP contribution in [0.4, 0.5) is 11.4 Å². The van der Waals surface area contributed by atoms with Crippen molar-refractivity contribution in [3.63, 3.8) is 0 Å². The molecular formula is C26H22N2O2. The van der Waals surface area contributed by atoms with Crippen molar-refractivity contribution in [2.45, 2.75) is 13.1 Å². The summed E-state index contributed by atoms with van der Waals surface area (Å²) in [6, 6.07) is 29.9. The van der Waals surface area contributed by atoms with Crippen LogP contribution in [0, 0.1) is 0 Å². The van der Waals surface area contributed by atoms with E-state index in [1.807, 2.05) is 78.6 Å². The van der Waals surface area contributed by atoms with Crippen LogP contribution in [0.25, 0.3) is 10.8 Å². The van der Waals surface area contributed by atoms with E-state index in [0.717, 1.165) is 33.5 Å². The van der Waals surface area contributed by atoms with Crippen molar-refractivity contribution >= 4 is 28.1 Å². The van der Waals surface area contributed by atoms with Gasteiger partial charge >= 0.3 is 0 Å². The van der Waals surface area contributed by atoms with Crippen molar-refractivity contribution in [2.75, 3.05) is 16.8 Å². The summed E-state index contributed by atoms with van der Waals surface area (Å²) in [5.74, 6) is 0.805. The Bertz CT molecular complexity index is 1220. The third-order valence-corrected chi connectivity index (χ3v) is 5.44. The van der Waals surface area contributed by atoms with E-state index in [4.69, 9.17) is 4.74 Å². The van der Waals surface area contributed by atoms with Gasteiger partial charge in [-0.2, -0.15) is 0 Å². The Kier molecular flexibility index (Phi) is 4.60. The number of amides is 1. The number of benzene rings is 4. The number of hydrogen-bond acceptors (Lipinski definition) is 3. The van der Waals surface area contributed by atoms with E-state index in [0.29, 0.717) is 12.2 Å². The number of carbonyl (C=O) groups excluding carboxylic acids is 1. The SMILES string of the molecule is CCOc1ccc([C@@H]2Nc3ccccc3C(=O)N2c2ccc3ccccc3c2)cc1. The van der Waals surface area contributed by atoms with Gasteiger partial charge in [-0.1, -0.05) is 54.6 Å². The summed E-state index contributed by atoms with van der Waals surface area (Å²) >= 11 is 0. The average Bonchev–Trinajstić information content (AvgIpc) is 2.79. The maximum absolute atomic E-state index is 13.6. The molecule has 1 amide bonds. The van der Waals surface area contributed by atoms with Gasteiger partial charge in [0.2, 0.25) is 0 Å². The number of fused-ring (bicyclic) bond motifs is 2. The van der Waals surface area contributed by atoms with Crippen LogP contribution in [0.5, 0.6) is 5.75 Å². The highest BCUT2D eigenvalue weighted by Gasteiger charge is 2.34. The Morgan fingerprint density at radius 1 is 0.867 bits per heavy atom. The number of nitrogens with zero attached hydrogens (tertiary/aromatic N) is 1. The molecule has 1 aliphatic rings. The molecule has 30 heavy (non-hydrogen) atoms. The standard InChI is InChI=1S/C26H22N2O2/c1-2-30-22-15-12-19(13-16-22)25-27-24-10-6-5-9-23(24)26(29)28(25)21-14-11-18-7-3-4-8-20(18)17-21/h3-17,25,27H,2H2,1H3/t25-/m1/s1. The van der Waals surface area contributed by atoms with Crippen molar-refractivity contribution < 1.29 is 9.53 Å². The van der Waals surface area contributed by atoms with Gasteiger partial charge in [-0.3, -0.25) is 9.69 Å². The highest BCUT2D eigenvalue weighted by Crippen LogP contribution is 2.37. The molecule has 4 heteroatoms. The zero-order valence-corrected chi connectivity index (χ0v) is 16.7. The second-order valence-electron chi connectivity index (χ2n) is 7.30. The minimum atomic E-state index is -0.316. The molecule has 0 aromatic heterocycles.